The number of nitrogens with one attached hydrogen (secondary N) is 1. The lowest BCUT2D eigenvalue weighted by Gasteiger charge is -2.15. The highest BCUT2D eigenvalue weighted by Gasteiger charge is 2.12. The zero-order valence-electron chi connectivity index (χ0n) is 9.09. The number of aliphatic hydroxyl groups excluding tert-OH is 1. The molecule has 0 amide bonds. The van der Waals surface area contributed by atoms with Gasteiger partial charge in [0.15, 0.2) is 0 Å². The summed E-state index contributed by atoms with van der Waals surface area (Å²) in [5, 5.41) is 17.2. The Labute approximate surface area is 98.7 Å². The van der Waals surface area contributed by atoms with Gasteiger partial charge in [-0.3, -0.25) is 0 Å². The summed E-state index contributed by atoms with van der Waals surface area (Å²) in [6, 6.07) is 5.89. The van der Waals surface area contributed by atoms with Gasteiger partial charge in [0, 0.05) is 12.6 Å². The molecule has 4 heteroatoms. The Kier molecular flexibility index (Phi) is 3.77. The van der Waals surface area contributed by atoms with Crippen LogP contribution in [-0.2, 0) is 0 Å². The van der Waals surface area contributed by atoms with E-state index in [1.165, 1.54) is 5.56 Å². The van der Waals surface area contributed by atoms with Crippen molar-refractivity contribution < 1.29 is 9.52 Å². The second-order valence-electron chi connectivity index (χ2n) is 3.72. The van der Waals surface area contributed by atoms with Crippen LogP contribution in [0.15, 0.2) is 39.6 Å². The van der Waals surface area contributed by atoms with Crippen molar-refractivity contribution in [2.24, 2.45) is 0 Å². The van der Waals surface area contributed by atoms with Gasteiger partial charge in [-0.1, -0.05) is 0 Å². The Morgan fingerprint density at radius 3 is 3.00 bits per heavy atom. The third-order valence-corrected chi connectivity index (χ3v) is 3.23. The monoisotopic (exact) mass is 237 g/mol. The topological polar surface area (TPSA) is 45.4 Å². The van der Waals surface area contributed by atoms with Crippen LogP contribution < -0.4 is 5.32 Å². The van der Waals surface area contributed by atoms with E-state index in [2.05, 4.69) is 29.1 Å². The van der Waals surface area contributed by atoms with Gasteiger partial charge in [-0.2, -0.15) is 11.3 Å². The van der Waals surface area contributed by atoms with Gasteiger partial charge in [0.25, 0.3) is 0 Å². The average Bonchev–Trinajstić information content (AvgIpc) is 2.95. The number of furan rings is 1. The molecule has 0 fully saturated rings. The summed E-state index contributed by atoms with van der Waals surface area (Å²) >= 11 is 1.68. The van der Waals surface area contributed by atoms with E-state index >= 15 is 0 Å². The normalized spacial score (nSPS) is 14.9. The van der Waals surface area contributed by atoms with E-state index < -0.39 is 6.10 Å². The lowest BCUT2D eigenvalue weighted by atomic mass is 10.1. The minimum absolute atomic E-state index is 0.246. The molecule has 2 rings (SSSR count). The number of thiophene rings is 1. The molecular formula is C12H15NO2S. The van der Waals surface area contributed by atoms with E-state index in [9.17, 15) is 5.11 Å². The Bertz CT molecular complexity index is 356. The van der Waals surface area contributed by atoms with Crippen LogP contribution in [0.3, 0.4) is 0 Å². The van der Waals surface area contributed by atoms with Crippen molar-refractivity contribution in [1.29, 1.82) is 0 Å². The fourth-order valence-corrected chi connectivity index (χ4v) is 2.26. The van der Waals surface area contributed by atoms with Gasteiger partial charge in [0.1, 0.15) is 11.9 Å². The molecular weight excluding hydrogens is 222 g/mol. The van der Waals surface area contributed by atoms with E-state index in [0.29, 0.717) is 12.3 Å². The lowest BCUT2D eigenvalue weighted by Crippen LogP contribution is -2.24. The number of hydrogen-bond donors (Lipinski definition) is 2. The second-order valence-corrected chi connectivity index (χ2v) is 4.50. The highest BCUT2D eigenvalue weighted by atomic mass is 32.1. The lowest BCUT2D eigenvalue weighted by molar-refractivity contribution is 0.144. The molecule has 2 heterocycles. The molecule has 3 nitrogen and oxygen atoms in total. The third-order valence-electron chi connectivity index (χ3n) is 2.53. The van der Waals surface area contributed by atoms with Crippen LogP contribution in [0, 0.1) is 0 Å². The van der Waals surface area contributed by atoms with Crippen molar-refractivity contribution in [3.8, 4) is 0 Å². The standard InChI is InChI=1S/C12H15NO2S/c1-9(10-4-6-16-8-10)13-7-11(14)12-3-2-5-15-12/h2-6,8-9,11,13-14H,7H2,1H3. The zero-order chi connectivity index (χ0) is 11.4. The first-order chi connectivity index (χ1) is 7.77. The smallest absolute Gasteiger partial charge is 0.133 e. The molecule has 0 saturated heterocycles. The van der Waals surface area contributed by atoms with Gasteiger partial charge in [0.05, 0.1) is 6.26 Å². The molecule has 0 aliphatic rings. The first-order valence-electron chi connectivity index (χ1n) is 5.24. The Morgan fingerprint density at radius 2 is 2.38 bits per heavy atom. The summed E-state index contributed by atoms with van der Waals surface area (Å²) in [5.41, 5.74) is 1.25. The van der Waals surface area contributed by atoms with Crippen LogP contribution >= 0.6 is 11.3 Å². The maximum absolute atomic E-state index is 9.80. The van der Waals surface area contributed by atoms with Gasteiger partial charge in [-0.15, -0.1) is 0 Å². The Hall–Kier alpha value is -1.10. The minimum atomic E-state index is -0.587. The predicted molar refractivity (Wildman–Crippen MR) is 64.4 cm³/mol. The second kappa shape index (κ2) is 5.30. The quantitative estimate of drug-likeness (QED) is 0.840. The molecule has 0 aliphatic carbocycles. The number of aliphatic hydroxyl groups is 1. The maximum atomic E-state index is 9.80. The third kappa shape index (κ3) is 2.72. The summed E-state index contributed by atoms with van der Waals surface area (Å²) in [6.45, 7) is 2.57. The van der Waals surface area contributed by atoms with E-state index in [1.54, 1.807) is 29.7 Å². The van der Waals surface area contributed by atoms with E-state index in [4.69, 9.17) is 4.42 Å². The molecule has 0 spiro atoms. The van der Waals surface area contributed by atoms with Gasteiger partial charge in [0.2, 0.25) is 0 Å². The van der Waals surface area contributed by atoms with Crippen LogP contribution in [0.5, 0.6) is 0 Å². The average molecular weight is 237 g/mol. The van der Waals surface area contributed by atoms with Crippen LogP contribution in [0.4, 0.5) is 0 Å². The van der Waals surface area contributed by atoms with Gasteiger partial charge in [-0.05, 0) is 41.4 Å². The summed E-state index contributed by atoms with van der Waals surface area (Å²) in [6.07, 6.45) is 0.983. The predicted octanol–water partition coefficient (Wildman–Crippen LogP) is 2.73. The molecule has 16 heavy (non-hydrogen) atoms. The largest absolute Gasteiger partial charge is 0.467 e. The fraction of sp³-hybridized carbons (Fsp3) is 0.333. The molecule has 0 radical (unpaired) electrons. The van der Waals surface area contributed by atoms with Crippen LogP contribution in [0.25, 0.3) is 0 Å². The maximum Gasteiger partial charge on any atom is 0.133 e. The molecule has 2 N–H and O–H groups in total. The molecule has 2 aromatic heterocycles. The fourth-order valence-electron chi connectivity index (χ4n) is 1.51. The van der Waals surface area contributed by atoms with E-state index in [0.717, 1.165) is 0 Å². The van der Waals surface area contributed by atoms with Crippen LogP contribution in [0.1, 0.15) is 30.4 Å². The van der Waals surface area contributed by atoms with Crippen LogP contribution in [-0.4, -0.2) is 11.7 Å². The van der Waals surface area contributed by atoms with Gasteiger partial charge < -0.3 is 14.8 Å². The molecule has 2 aromatic rings. The van der Waals surface area contributed by atoms with Gasteiger partial charge in [-0.25, -0.2) is 0 Å². The summed E-state index contributed by atoms with van der Waals surface area (Å²) in [5.74, 6) is 0.602. The van der Waals surface area contributed by atoms with Crippen molar-refractivity contribution in [3.05, 3.63) is 46.5 Å². The highest BCUT2D eigenvalue weighted by molar-refractivity contribution is 7.07. The highest BCUT2D eigenvalue weighted by Crippen LogP contribution is 2.17. The Balaban J connectivity index is 1.84. The molecule has 0 aromatic carbocycles. The van der Waals surface area contributed by atoms with Crippen molar-refractivity contribution in [2.75, 3.05) is 6.54 Å². The SMILES string of the molecule is CC(NCC(O)c1ccco1)c1ccsc1. The molecule has 86 valence electrons. The van der Waals surface area contributed by atoms with Crippen molar-refractivity contribution in [1.82, 2.24) is 5.32 Å². The van der Waals surface area contributed by atoms with Crippen molar-refractivity contribution in [3.63, 3.8) is 0 Å². The molecule has 0 bridgehead atoms. The van der Waals surface area contributed by atoms with Crippen molar-refractivity contribution in [2.45, 2.75) is 19.1 Å². The van der Waals surface area contributed by atoms with E-state index in [1.807, 2.05) is 0 Å². The summed E-state index contributed by atoms with van der Waals surface area (Å²) in [4.78, 5) is 0. The first-order valence-corrected chi connectivity index (χ1v) is 6.18. The molecule has 2 atom stereocenters. The minimum Gasteiger partial charge on any atom is -0.467 e. The zero-order valence-corrected chi connectivity index (χ0v) is 9.91. The number of hydrogen-bond acceptors (Lipinski definition) is 4. The van der Waals surface area contributed by atoms with Crippen LogP contribution in [0.2, 0.25) is 0 Å². The Morgan fingerprint density at radius 1 is 1.50 bits per heavy atom. The van der Waals surface area contributed by atoms with Gasteiger partial charge >= 0.3 is 0 Å². The molecule has 0 saturated carbocycles. The first kappa shape index (κ1) is 11.4. The summed E-state index contributed by atoms with van der Waals surface area (Å²) < 4.78 is 5.13. The number of rotatable bonds is 5. The van der Waals surface area contributed by atoms with Crippen molar-refractivity contribution >= 4 is 11.3 Å². The van der Waals surface area contributed by atoms with E-state index in [-0.39, 0.29) is 6.04 Å². The molecule has 2 unspecified atom stereocenters. The molecule has 0 aliphatic heterocycles. The summed E-state index contributed by atoms with van der Waals surface area (Å²) in [7, 11) is 0.